The third kappa shape index (κ3) is 4.72. The monoisotopic (exact) mass is 461 g/mol. The second-order valence-electron chi connectivity index (χ2n) is 6.52. The normalized spacial score (nSPS) is 12.5. The fourth-order valence-electron chi connectivity index (χ4n) is 2.84. The van der Waals surface area contributed by atoms with Crippen molar-refractivity contribution >= 4 is 42.4 Å². The van der Waals surface area contributed by atoms with Crippen LogP contribution >= 0.6 is 15.9 Å². The summed E-state index contributed by atoms with van der Waals surface area (Å²) in [6.07, 6.45) is 1.16. The molecule has 1 atom stereocenters. The summed E-state index contributed by atoms with van der Waals surface area (Å²) in [5, 5.41) is 4.95. The van der Waals surface area contributed by atoms with Gasteiger partial charge in [0.15, 0.2) is 16.4 Å². The van der Waals surface area contributed by atoms with Crippen LogP contribution in [0, 0.1) is 0 Å². The predicted molar refractivity (Wildman–Crippen MR) is 113 cm³/mol. The van der Waals surface area contributed by atoms with Crippen LogP contribution in [0.2, 0.25) is 0 Å². The first-order valence-electron chi connectivity index (χ1n) is 8.65. The first kappa shape index (κ1) is 20.4. The third-order valence-corrected chi connectivity index (χ3v) is 6.32. The Morgan fingerprint density at radius 1 is 1.07 bits per heavy atom. The van der Waals surface area contributed by atoms with Crippen LogP contribution in [0.5, 0.6) is 5.75 Å². The molecule has 3 rings (SSSR count). The van der Waals surface area contributed by atoms with Crippen molar-refractivity contribution in [3.63, 3.8) is 0 Å². The molecule has 0 saturated carbocycles. The van der Waals surface area contributed by atoms with Crippen LogP contribution in [0.1, 0.15) is 18.5 Å². The van der Waals surface area contributed by atoms with Gasteiger partial charge in [0.05, 0.1) is 15.4 Å². The van der Waals surface area contributed by atoms with E-state index in [2.05, 4.69) is 21.2 Å². The summed E-state index contributed by atoms with van der Waals surface area (Å²) in [7, 11) is -3.24. The SMILES string of the molecule is CC(NC(=O)COc1ccc2ccccc2c1Br)c1ccc(S(C)(=O)=O)cc1. The predicted octanol–water partition coefficient (Wildman–Crippen LogP) is 4.26. The van der Waals surface area contributed by atoms with E-state index in [1.54, 1.807) is 12.1 Å². The molecule has 7 heteroatoms. The Morgan fingerprint density at radius 2 is 1.75 bits per heavy atom. The quantitative estimate of drug-likeness (QED) is 0.594. The number of carbonyl (C=O) groups excluding carboxylic acids is 1. The van der Waals surface area contributed by atoms with Crippen molar-refractivity contribution < 1.29 is 17.9 Å². The van der Waals surface area contributed by atoms with Crippen LogP contribution in [-0.2, 0) is 14.6 Å². The summed E-state index contributed by atoms with van der Waals surface area (Å²) in [6, 6.07) is 17.9. The van der Waals surface area contributed by atoms with Gasteiger partial charge in [-0.1, -0.05) is 42.5 Å². The second kappa shape index (κ2) is 8.32. The average Bonchev–Trinajstić information content (AvgIpc) is 2.67. The lowest BCUT2D eigenvalue weighted by atomic mass is 10.1. The number of halogens is 1. The van der Waals surface area contributed by atoms with E-state index in [1.807, 2.05) is 43.3 Å². The summed E-state index contributed by atoms with van der Waals surface area (Å²) >= 11 is 3.54. The molecule has 1 unspecified atom stereocenters. The molecule has 0 aliphatic carbocycles. The van der Waals surface area contributed by atoms with E-state index in [1.165, 1.54) is 12.1 Å². The molecule has 0 bridgehead atoms. The number of benzene rings is 3. The number of hydrogen-bond acceptors (Lipinski definition) is 4. The molecule has 28 heavy (non-hydrogen) atoms. The molecular weight excluding hydrogens is 442 g/mol. The molecule has 0 aliphatic rings. The van der Waals surface area contributed by atoms with Crippen LogP contribution in [0.25, 0.3) is 10.8 Å². The molecule has 3 aromatic rings. The Hall–Kier alpha value is -2.38. The van der Waals surface area contributed by atoms with Crippen molar-refractivity contribution in [2.75, 3.05) is 12.9 Å². The van der Waals surface area contributed by atoms with E-state index in [0.717, 1.165) is 27.1 Å². The highest BCUT2D eigenvalue weighted by Gasteiger charge is 2.13. The molecule has 0 spiro atoms. The van der Waals surface area contributed by atoms with Gasteiger partial charge in [-0.3, -0.25) is 4.79 Å². The van der Waals surface area contributed by atoms with Gasteiger partial charge in [0.2, 0.25) is 0 Å². The molecule has 0 fully saturated rings. The van der Waals surface area contributed by atoms with Gasteiger partial charge in [-0.2, -0.15) is 0 Å². The molecule has 0 radical (unpaired) electrons. The van der Waals surface area contributed by atoms with Gasteiger partial charge in [-0.25, -0.2) is 8.42 Å². The van der Waals surface area contributed by atoms with Crippen LogP contribution in [-0.4, -0.2) is 27.2 Å². The van der Waals surface area contributed by atoms with E-state index in [-0.39, 0.29) is 23.5 Å². The Kier molecular flexibility index (Phi) is 6.05. The number of fused-ring (bicyclic) bond motifs is 1. The summed E-state index contributed by atoms with van der Waals surface area (Å²) < 4.78 is 29.5. The smallest absolute Gasteiger partial charge is 0.258 e. The zero-order valence-corrected chi connectivity index (χ0v) is 17.9. The minimum absolute atomic E-state index is 0.122. The molecular formula is C21H20BrNO4S. The molecule has 3 aromatic carbocycles. The third-order valence-electron chi connectivity index (χ3n) is 4.37. The van der Waals surface area contributed by atoms with Gasteiger partial charge in [0.25, 0.3) is 5.91 Å². The first-order chi connectivity index (χ1) is 13.3. The Morgan fingerprint density at radius 3 is 2.43 bits per heavy atom. The zero-order chi connectivity index (χ0) is 20.3. The van der Waals surface area contributed by atoms with Crippen LogP contribution in [0.4, 0.5) is 0 Å². The maximum Gasteiger partial charge on any atom is 0.258 e. The zero-order valence-electron chi connectivity index (χ0n) is 15.5. The lowest BCUT2D eigenvalue weighted by Gasteiger charge is -2.16. The van der Waals surface area contributed by atoms with Crippen molar-refractivity contribution in [1.29, 1.82) is 0 Å². The fraction of sp³-hybridized carbons (Fsp3) is 0.190. The lowest BCUT2D eigenvalue weighted by molar-refractivity contribution is -0.123. The number of nitrogens with one attached hydrogen (secondary N) is 1. The van der Waals surface area contributed by atoms with Crippen molar-refractivity contribution in [3.05, 3.63) is 70.7 Å². The summed E-state index contributed by atoms with van der Waals surface area (Å²) in [6.45, 7) is 1.71. The average molecular weight is 462 g/mol. The highest BCUT2D eigenvalue weighted by atomic mass is 79.9. The highest BCUT2D eigenvalue weighted by Crippen LogP contribution is 2.33. The highest BCUT2D eigenvalue weighted by molar-refractivity contribution is 9.10. The van der Waals surface area contributed by atoms with Crippen molar-refractivity contribution in [2.45, 2.75) is 17.9 Å². The number of amides is 1. The number of rotatable bonds is 6. The van der Waals surface area contributed by atoms with Crippen LogP contribution < -0.4 is 10.1 Å². The van der Waals surface area contributed by atoms with E-state index in [0.29, 0.717) is 5.75 Å². The number of ether oxygens (including phenoxy) is 1. The van der Waals surface area contributed by atoms with Gasteiger partial charge in [-0.05, 0) is 57.4 Å². The Balaban J connectivity index is 1.62. The van der Waals surface area contributed by atoms with E-state index in [4.69, 9.17) is 4.74 Å². The topological polar surface area (TPSA) is 72.5 Å². The maximum atomic E-state index is 12.3. The van der Waals surface area contributed by atoms with Gasteiger partial charge < -0.3 is 10.1 Å². The van der Waals surface area contributed by atoms with E-state index in [9.17, 15) is 13.2 Å². The van der Waals surface area contributed by atoms with Crippen molar-refractivity contribution in [3.8, 4) is 5.75 Å². The van der Waals surface area contributed by atoms with Crippen LogP contribution in [0.3, 0.4) is 0 Å². The van der Waals surface area contributed by atoms with E-state index < -0.39 is 9.84 Å². The summed E-state index contributed by atoms with van der Waals surface area (Å²) in [5.41, 5.74) is 0.813. The number of carbonyl (C=O) groups is 1. The molecule has 5 nitrogen and oxygen atoms in total. The molecule has 1 N–H and O–H groups in total. The van der Waals surface area contributed by atoms with Crippen molar-refractivity contribution in [2.24, 2.45) is 0 Å². The second-order valence-corrected chi connectivity index (χ2v) is 9.33. The summed E-state index contributed by atoms with van der Waals surface area (Å²) in [4.78, 5) is 12.5. The molecule has 0 heterocycles. The van der Waals surface area contributed by atoms with Gasteiger partial charge in [0, 0.05) is 6.26 Å². The van der Waals surface area contributed by atoms with Gasteiger partial charge in [0.1, 0.15) is 5.75 Å². The van der Waals surface area contributed by atoms with Gasteiger partial charge in [-0.15, -0.1) is 0 Å². The van der Waals surface area contributed by atoms with Crippen LogP contribution in [0.15, 0.2) is 70.0 Å². The summed E-state index contributed by atoms with van der Waals surface area (Å²) in [5.74, 6) is 0.332. The lowest BCUT2D eigenvalue weighted by Crippen LogP contribution is -2.31. The largest absolute Gasteiger partial charge is 0.483 e. The van der Waals surface area contributed by atoms with E-state index >= 15 is 0 Å². The number of hydrogen-bond donors (Lipinski definition) is 1. The molecule has 0 saturated heterocycles. The van der Waals surface area contributed by atoms with Gasteiger partial charge >= 0.3 is 0 Å². The molecule has 0 aromatic heterocycles. The van der Waals surface area contributed by atoms with Crippen molar-refractivity contribution in [1.82, 2.24) is 5.32 Å². The Bertz CT molecular complexity index is 1110. The first-order valence-corrected chi connectivity index (χ1v) is 11.3. The Labute approximate surface area is 172 Å². The molecule has 0 aliphatic heterocycles. The maximum absolute atomic E-state index is 12.3. The standard InChI is InChI=1S/C21H20BrNO4S/c1-14(15-7-10-17(11-8-15)28(2,25)26)23-20(24)13-27-19-12-9-16-5-3-4-6-18(16)21(19)22/h3-12,14H,13H2,1-2H3,(H,23,24). The minimum atomic E-state index is -3.24. The minimum Gasteiger partial charge on any atom is -0.483 e. The molecule has 146 valence electrons. The molecule has 1 amide bonds. The fourth-order valence-corrected chi connectivity index (χ4v) is 4.08. The number of sulfone groups is 1.